The second-order valence-electron chi connectivity index (χ2n) is 8.81. The van der Waals surface area contributed by atoms with Crippen LogP contribution in [0, 0.1) is 6.92 Å². The lowest BCUT2D eigenvalue weighted by Gasteiger charge is -2.21. The second kappa shape index (κ2) is 8.71. The Morgan fingerprint density at radius 2 is 1.86 bits per heavy atom. The Bertz CT molecular complexity index is 1570. The van der Waals surface area contributed by atoms with Crippen molar-refractivity contribution in [3.05, 3.63) is 89.0 Å². The molecule has 2 aromatic carbocycles. The van der Waals surface area contributed by atoms with E-state index in [1.165, 1.54) is 0 Å². The normalized spacial score (nSPS) is 14.0. The summed E-state index contributed by atoms with van der Waals surface area (Å²) < 4.78 is 7.72. The maximum atomic E-state index is 6.21. The summed E-state index contributed by atoms with van der Waals surface area (Å²) in [6.07, 6.45) is 4.08. The summed E-state index contributed by atoms with van der Waals surface area (Å²) in [4.78, 5) is 14.5. The fourth-order valence-corrected chi connectivity index (χ4v) is 4.30. The standard InChI is InChI=1S/C28H24ClN5O/c1-17-3-6-20(16-30-17)32-24-14-26-28(15-25(24)31-19-7-8-19)34(21-9-4-18(29)5-10-21)27-13-22(35-2)11-12-23(27)33-26/h3-6,9-16,19,32H,7-8H2,1-2H3/b31-25+. The summed E-state index contributed by atoms with van der Waals surface area (Å²) in [7, 11) is 1.67. The van der Waals surface area contributed by atoms with E-state index in [2.05, 4.69) is 27.0 Å². The molecule has 1 aliphatic heterocycles. The highest BCUT2D eigenvalue weighted by atomic mass is 35.5. The van der Waals surface area contributed by atoms with Gasteiger partial charge >= 0.3 is 0 Å². The van der Waals surface area contributed by atoms with E-state index in [9.17, 15) is 0 Å². The first kappa shape index (κ1) is 21.6. The van der Waals surface area contributed by atoms with E-state index in [1.807, 2.05) is 67.7 Å². The Labute approximate surface area is 208 Å². The average molecular weight is 482 g/mol. The predicted molar refractivity (Wildman–Crippen MR) is 140 cm³/mol. The molecule has 0 amide bonds. The first-order valence-electron chi connectivity index (χ1n) is 11.6. The van der Waals surface area contributed by atoms with Gasteiger partial charge in [-0.25, -0.2) is 4.98 Å². The highest BCUT2D eigenvalue weighted by molar-refractivity contribution is 6.30. The van der Waals surface area contributed by atoms with Gasteiger partial charge in [-0.05, 0) is 80.4 Å². The van der Waals surface area contributed by atoms with Gasteiger partial charge in [0.1, 0.15) is 5.75 Å². The second-order valence-corrected chi connectivity index (χ2v) is 9.25. The molecule has 0 spiro atoms. The number of hydrogen-bond donors (Lipinski definition) is 1. The van der Waals surface area contributed by atoms with Crippen LogP contribution in [-0.2, 0) is 0 Å². The fourth-order valence-electron chi connectivity index (χ4n) is 4.17. The number of anilines is 2. The van der Waals surface area contributed by atoms with Crippen LogP contribution < -0.4 is 15.4 Å². The van der Waals surface area contributed by atoms with Crippen molar-refractivity contribution in [2.24, 2.45) is 4.99 Å². The van der Waals surface area contributed by atoms with Gasteiger partial charge in [0, 0.05) is 22.5 Å². The maximum absolute atomic E-state index is 6.21. The van der Waals surface area contributed by atoms with E-state index in [1.54, 1.807) is 7.11 Å². The number of methoxy groups -OCH3 is 1. The molecule has 1 N–H and O–H groups in total. The molecule has 6 nitrogen and oxygen atoms in total. The largest absolute Gasteiger partial charge is 0.497 e. The van der Waals surface area contributed by atoms with Crippen LogP contribution in [0.25, 0.3) is 28.1 Å². The third kappa shape index (κ3) is 4.33. The van der Waals surface area contributed by atoms with Crippen LogP contribution in [0.2, 0.25) is 5.02 Å². The molecule has 1 fully saturated rings. The van der Waals surface area contributed by atoms with Gasteiger partial charge < -0.3 is 14.6 Å². The third-order valence-electron chi connectivity index (χ3n) is 6.14. The number of aryl methyl sites for hydroxylation is 1. The molecule has 0 unspecified atom stereocenters. The predicted octanol–water partition coefficient (Wildman–Crippen LogP) is 6.30. The molecule has 1 aromatic heterocycles. The summed E-state index contributed by atoms with van der Waals surface area (Å²) >= 11 is 6.21. The van der Waals surface area contributed by atoms with Gasteiger partial charge in [-0.2, -0.15) is 0 Å². The van der Waals surface area contributed by atoms with Gasteiger partial charge in [0.05, 0.1) is 58.5 Å². The highest BCUT2D eigenvalue weighted by Gasteiger charge is 2.22. The van der Waals surface area contributed by atoms with Gasteiger partial charge in [0.15, 0.2) is 0 Å². The van der Waals surface area contributed by atoms with Crippen LogP contribution in [0.15, 0.2) is 77.9 Å². The van der Waals surface area contributed by atoms with Gasteiger partial charge in [0.25, 0.3) is 0 Å². The molecule has 1 saturated carbocycles. The van der Waals surface area contributed by atoms with E-state index in [0.717, 1.165) is 69.1 Å². The minimum Gasteiger partial charge on any atom is -0.497 e. The number of rotatable bonds is 5. The summed E-state index contributed by atoms with van der Waals surface area (Å²) in [5, 5.41) is 5.12. The summed E-state index contributed by atoms with van der Waals surface area (Å²) in [5.41, 5.74) is 7.42. The molecular weight excluding hydrogens is 458 g/mol. The SMILES string of the molecule is COc1ccc2nc3cc(Nc4ccc(C)nc4)/c(=N/C4CC4)cc-3n(-c3ccc(Cl)cc3)c2c1. The molecule has 3 aromatic rings. The number of benzene rings is 3. The van der Waals surface area contributed by atoms with Crippen molar-refractivity contribution in [3.63, 3.8) is 0 Å². The van der Waals surface area contributed by atoms with E-state index in [4.69, 9.17) is 26.3 Å². The van der Waals surface area contributed by atoms with Gasteiger partial charge in [-0.1, -0.05) is 11.6 Å². The number of ether oxygens (including phenoxy) is 1. The number of aromatic nitrogens is 3. The van der Waals surface area contributed by atoms with Crippen LogP contribution in [0.1, 0.15) is 18.5 Å². The van der Waals surface area contributed by atoms with Crippen molar-refractivity contribution in [1.29, 1.82) is 0 Å². The molecule has 2 heterocycles. The zero-order chi connectivity index (χ0) is 23.9. The molecule has 0 saturated heterocycles. The monoisotopic (exact) mass is 481 g/mol. The van der Waals surface area contributed by atoms with Crippen LogP contribution in [0.4, 0.5) is 11.4 Å². The zero-order valence-corrected chi connectivity index (χ0v) is 20.3. The lowest BCUT2D eigenvalue weighted by atomic mass is 10.1. The highest BCUT2D eigenvalue weighted by Crippen LogP contribution is 2.33. The average Bonchev–Trinajstić information content (AvgIpc) is 3.69. The lowest BCUT2D eigenvalue weighted by Crippen LogP contribution is -2.15. The number of pyridine rings is 1. The van der Waals surface area contributed by atoms with E-state index in [-0.39, 0.29) is 0 Å². The summed E-state index contributed by atoms with van der Waals surface area (Å²) in [5.74, 6) is 0.773. The van der Waals surface area contributed by atoms with Crippen molar-refractivity contribution in [2.75, 3.05) is 12.4 Å². The quantitative estimate of drug-likeness (QED) is 0.299. The fraction of sp³-hybridized carbons (Fsp3) is 0.179. The first-order chi connectivity index (χ1) is 17.1. The van der Waals surface area contributed by atoms with Crippen LogP contribution in [0.5, 0.6) is 5.75 Å². The van der Waals surface area contributed by atoms with Crippen LogP contribution in [0.3, 0.4) is 0 Å². The van der Waals surface area contributed by atoms with Gasteiger partial charge in [-0.15, -0.1) is 0 Å². The minimum atomic E-state index is 0.363. The Balaban J connectivity index is 1.63. The smallest absolute Gasteiger partial charge is 0.121 e. The molecule has 0 atom stereocenters. The molecule has 35 heavy (non-hydrogen) atoms. The Morgan fingerprint density at radius 1 is 1.03 bits per heavy atom. The molecule has 3 aliphatic rings. The van der Waals surface area contributed by atoms with Crippen molar-refractivity contribution in [2.45, 2.75) is 25.8 Å². The van der Waals surface area contributed by atoms with Crippen molar-refractivity contribution in [1.82, 2.24) is 14.5 Å². The molecular formula is C28H24ClN5O. The van der Waals surface area contributed by atoms with Gasteiger partial charge in [0.2, 0.25) is 0 Å². The Hall–Kier alpha value is -3.90. The summed E-state index contributed by atoms with van der Waals surface area (Å²) in [6.45, 7) is 1.98. The number of hydrogen-bond acceptors (Lipinski definition) is 5. The van der Waals surface area contributed by atoms with Crippen molar-refractivity contribution in [3.8, 4) is 22.8 Å². The molecule has 2 aliphatic carbocycles. The van der Waals surface area contributed by atoms with Gasteiger partial charge in [-0.3, -0.25) is 9.98 Å². The van der Waals surface area contributed by atoms with Crippen molar-refractivity contribution < 1.29 is 4.74 Å². The summed E-state index contributed by atoms with van der Waals surface area (Å²) in [6, 6.07) is 22.3. The Kier molecular flexibility index (Phi) is 5.38. The number of halogens is 1. The topological polar surface area (TPSA) is 64.3 Å². The molecule has 0 bridgehead atoms. The van der Waals surface area contributed by atoms with E-state index < -0.39 is 0 Å². The zero-order valence-electron chi connectivity index (χ0n) is 19.5. The van der Waals surface area contributed by atoms with E-state index in [0.29, 0.717) is 11.1 Å². The van der Waals surface area contributed by atoms with Crippen LogP contribution in [-0.4, -0.2) is 27.7 Å². The van der Waals surface area contributed by atoms with Crippen LogP contribution >= 0.6 is 11.6 Å². The Morgan fingerprint density at radius 3 is 2.57 bits per heavy atom. The number of nitrogens with one attached hydrogen (secondary N) is 1. The molecule has 0 radical (unpaired) electrons. The maximum Gasteiger partial charge on any atom is 0.121 e. The van der Waals surface area contributed by atoms with Crippen molar-refractivity contribution >= 4 is 34.0 Å². The minimum absolute atomic E-state index is 0.363. The number of fused-ring (bicyclic) bond motifs is 2. The molecule has 7 heteroatoms. The first-order valence-corrected chi connectivity index (χ1v) is 12.0. The molecule has 6 rings (SSSR count). The van der Waals surface area contributed by atoms with E-state index >= 15 is 0 Å². The third-order valence-corrected chi connectivity index (χ3v) is 6.39. The number of nitrogens with zero attached hydrogens (tertiary/aromatic N) is 4. The molecule has 174 valence electrons. The lowest BCUT2D eigenvalue weighted by molar-refractivity contribution is 0.415.